The predicted octanol–water partition coefficient (Wildman–Crippen LogP) is -5.91. The standard InChI is InChI=1S/C23H45FN6O10/c24-6-13(33)21(28)30-12-5-11(26)19(39-22-10(25)2-1-9(37-22)7-29-3-4-31)18(36)20(12)40-23-17(35)15(27)16(34)14(8-32)38-23/h9-20,22-23,29,31-36H,1-8,25-27H2,(H2,28,30). The Morgan fingerprint density at radius 3 is 2.33 bits per heavy atom. The first-order chi connectivity index (χ1) is 19.0. The summed E-state index contributed by atoms with van der Waals surface area (Å²) in [5, 5.41) is 63.6. The van der Waals surface area contributed by atoms with E-state index >= 15 is 0 Å². The third kappa shape index (κ3) is 8.01. The van der Waals surface area contributed by atoms with Crippen molar-refractivity contribution in [2.45, 2.75) is 105 Å². The Kier molecular flexibility index (Phi) is 12.8. The van der Waals surface area contributed by atoms with Crippen LogP contribution >= 0.6 is 0 Å². The second kappa shape index (κ2) is 15.4. The molecule has 2 saturated heterocycles. The SMILES string of the molecule is NC(=NC1CC(N)C(OC2OC(CNCCO)CCC2N)C(O)C1OC1OC(CO)C(O)C(N)C1O)C(O)CF. The van der Waals surface area contributed by atoms with E-state index in [2.05, 4.69) is 10.3 Å². The quantitative estimate of drug-likeness (QED) is 0.0578. The normalized spacial score (nSPS) is 44.0. The molecule has 2 heterocycles. The zero-order valence-corrected chi connectivity index (χ0v) is 22.2. The summed E-state index contributed by atoms with van der Waals surface area (Å²) < 4.78 is 36.5. The maximum atomic E-state index is 13.0. The Bertz CT molecular complexity index is 805. The third-order valence-corrected chi connectivity index (χ3v) is 7.47. The second-order valence-corrected chi connectivity index (χ2v) is 10.5. The minimum Gasteiger partial charge on any atom is -0.395 e. The molecule has 0 aromatic heterocycles. The lowest BCUT2D eigenvalue weighted by Gasteiger charge is -2.47. The predicted molar refractivity (Wildman–Crippen MR) is 137 cm³/mol. The van der Waals surface area contributed by atoms with E-state index in [9.17, 15) is 29.9 Å². The molecule has 3 aliphatic rings. The summed E-state index contributed by atoms with van der Waals surface area (Å²) in [5.41, 5.74) is 24.2. The topological polar surface area (TPSA) is 287 Å². The van der Waals surface area contributed by atoms with Crippen molar-refractivity contribution in [1.29, 1.82) is 0 Å². The molecule has 17 heteroatoms. The molecule has 15 N–H and O–H groups in total. The van der Waals surface area contributed by atoms with Crippen molar-refractivity contribution in [3.05, 3.63) is 0 Å². The molecule has 2 aliphatic heterocycles. The lowest BCUT2D eigenvalue weighted by atomic mass is 9.84. The molecule has 40 heavy (non-hydrogen) atoms. The third-order valence-electron chi connectivity index (χ3n) is 7.47. The summed E-state index contributed by atoms with van der Waals surface area (Å²) in [4.78, 5) is 4.13. The van der Waals surface area contributed by atoms with Crippen LogP contribution < -0.4 is 28.3 Å². The van der Waals surface area contributed by atoms with E-state index in [1.165, 1.54) is 0 Å². The number of hydrogen-bond acceptors (Lipinski definition) is 15. The van der Waals surface area contributed by atoms with Gasteiger partial charge in [-0.25, -0.2) is 4.39 Å². The van der Waals surface area contributed by atoms with Gasteiger partial charge in [0.1, 0.15) is 55.2 Å². The van der Waals surface area contributed by atoms with Crippen molar-refractivity contribution in [2.75, 3.05) is 33.0 Å². The highest BCUT2D eigenvalue weighted by Crippen LogP contribution is 2.32. The highest BCUT2D eigenvalue weighted by molar-refractivity contribution is 5.85. The van der Waals surface area contributed by atoms with Crippen LogP contribution in [-0.2, 0) is 18.9 Å². The highest BCUT2D eigenvalue weighted by atomic mass is 19.1. The van der Waals surface area contributed by atoms with Crippen molar-refractivity contribution < 1.29 is 54.0 Å². The van der Waals surface area contributed by atoms with Gasteiger partial charge in [-0.15, -0.1) is 0 Å². The molecule has 0 radical (unpaired) electrons. The molecule has 0 bridgehead atoms. The molecule has 0 amide bonds. The Morgan fingerprint density at radius 1 is 0.975 bits per heavy atom. The summed E-state index contributed by atoms with van der Waals surface area (Å²) >= 11 is 0. The zero-order chi connectivity index (χ0) is 29.6. The minimum atomic E-state index is -1.70. The van der Waals surface area contributed by atoms with Gasteiger partial charge in [-0.05, 0) is 19.3 Å². The van der Waals surface area contributed by atoms with Crippen LogP contribution in [0.3, 0.4) is 0 Å². The number of ether oxygens (including phenoxy) is 4. The number of amidine groups is 1. The molecular weight excluding hydrogens is 539 g/mol. The van der Waals surface area contributed by atoms with Gasteiger partial charge >= 0.3 is 0 Å². The van der Waals surface area contributed by atoms with E-state index in [1.54, 1.807) is 0 Å². The van der Waals surface area contributed by atoms with Crippen molar-refractivity contribution >= 4 is 5.84 Å². The van der Waals surface area contributed by atoms with Crippen molar-refractivity contribution in [3.8, 4) is 0 Å². The number of aliphatic hydroxyl groups is 6. The largest absolute Gasteiger partial charge is 0.395 e. The van der Waals surface area contributed by atoms with Crippen LogP contribution in [0.5, 0.6) is 0 Å². The molecule has 0 aromatic rings. The average molecular weight is 585 g/mol. The fourth-order valence-corrected chi connectivity index (χ4v) is 5.09. The van der Waals surface area contributed by atoms with Crippen molar-refractivity contribution in [1.82, 2.24) is 5.32 Å². The van der Waals surface area contributed by atoms with E-state index in [1.807, 2.05) is 0 Å². The monoisotopic (exact) mass is 584 g/mol. The van der Waals surface area contributed by atoms with Crippen LogP contribution in [0.15, 0.2) is 4.99 Å². The molecule has 1 saturated carbocycles. The van der Waals surface area contributed by atoms with Gasteiger partial charge in [0, 0.05) is 19.1 Å². The summed E-state index contributed by atoms with van der Waals surface area (Å²) in [6.07, 6.45) is -11.4. The van der Waals surface area contributed by atoms with Crippen LogP contribution in [-0.4, -0.2) is 155 Å². The molecular formula is C23H45FN6O10. The van der Waals surface area contributed by atoms with Gasteiger partial charge in [0.15, 0.2) is 12.6 Å². The van der Waals surface area contributed by atoms with Crippen LogP contribution in [0.25, 0.3) is 0 Å². The molecule has 0 spiro atoms. The van der Waals surface area contributed by atoms with Gasteiger partial charge in [0.2, 0.25) is 0 Å². The Balaban J connectivity index is 1.81. The second-order valence-electron chi connectivity index (χ2n) is 10.5. The average Bonchev–Trinajstić information content (AvgIpc) is 2.94. The number of hydrogen-bond donors (Lipinski definition) is 11. The first-order valence-electron chi connectivity index (χ1n) is 13.4. The smallest absolute Gasteiger partial charge is 0.186 e. The van der Waals surface area contributed by atoms with Crippen molar-refractivity contribution in [3.63, 3.8) is 0 Å². The maximum Gasteiger partial charge on any atom is 0.186 e. The van der Waals surface area contributed by atoms with Crippen molar-refractivity contribution in [2.24, 2.45) is 27.9 Å². The van der Waals surface area contributed by atoms with Crippen LogP contribution in [0, 0.1) is 0 Å². The number of aliphatic imine (C=N–C) groups is 1. The van der Waals surface area contributed by atoms with E-state index in [0.717, 1.165) is 0 Å². The fourth-order valence-electron chi connectivity index (χ4n) is 5.09. The van der Waals surface area contributed by atoms with E-state index in [0.29, 0.717) is 25.9 Å². The zero-order valence-electron chi connectivity index (χ0n) is 22.2. The maximum absolute atomic E-state index is 13.0. The van der Waals surface area contributed by atoms with E-state index in [-0.39, 0.29) is 19.1 Å². The van der Waals surface area contributed by atoms with Gasteiger partial charge in [-0.1, -0.05) is 0 Å². The molecule has 3 rings (SSSR count). The van der Waals surface area contributed by atoms with Crippen LogP contribution in [0.4, 0.5) is 4.39 Å². The number of aliphatic hydroxyl groups excluding tert-OH is 6. The molecule has 16 nitrogen and oxygen atoms in total. The molecule has 234 valence electrons. The Hall–Kier alpha value is -1.16. The van der Waals surface area contributed by atoms with E-state index in [4.69, 9.17) is 47.0 Å². The number of nitrogens with zero attached hydrogens (tertiary/aromatic N) is 1. The number of rotatable bonds is 12. The molecule has 14 unspecified atom stereocenters. The molecule has 0 aromatic carbocycles. The van der Waals surface area contributed by atoms with Crippen LogP contribution in [0.2, 0.25) is 0 Å². The van der Waals surface area contributed by atoms with E-state index < -0.39 is 98.6 Å². The number of nitrogens with two attached hydrogens (primary N) is 4. The lowest BCUT2D eigenvalue weighted by molar-refractivity contribution is -0.312. The summed E-state index contributed by atoms with van der Waals surface area (Å²) in [6, 6.07) is -3.70. The Labute approximate surface area is 231 Å². The molecule has 14 atom stereocenters. The summed E-state index contributed by atoms with van der Waals surface area (Å²) in [6.45, 7) is -1.03. The lowest BCUT2D eigenvalue weighted by Crippen LogP contribution is -2.66. The van der Waals surface area contributed by atoms with Gasteiger partial charge in [0.05, 0.1) is 37.4 Å². The Morgan fingerprint density at radius 2 is 1.68 bits per heavy atom. The van der Waals surface area contributed by atoms with Gasteiger partial charge in [-0.2, -0.15) is 0 Å². The molecule has 3 fully saturated rings. The first-order valence-corrected chi connectivity index (χ1v) is 13.4. The minimum absolute atomic E-state index is 0.0174. The summed E-state index contributed by atoms with van der Waals surface area (Å²) in [7, 11) is 0. The molecule has 1 aliphatic carbocycles. The van der Waals surface area contributed by atoms with Gasteiger partial charge in [0.25, 0.3) is 0 Å². The van der Waals surface area contributed by atoms with Gasteiger partial charge < -0.3 is 77.8 Å². The highest BCUT2D eigenvalue weighted by Gasteiger charge is 2.51. The first kappa shape index (κ1) is 33.3. The number of nitrogens with one attached hydrogen (secondary N) is 1. The number of alkyl halides is 1. The fraction of sp³-hybridized carbons (Fsp3) is 0.957. The summed E-state index contributed by atoms with van der Waals surface area (Å²) in [5.74, 6) is -0.457. The number of halogens is 1. The van der Waals surface area contributed by atoms with Crippen LogP contribution in [0.1, 0.15) is 19.3 Å². The van der Waals surface area contributed by atoms with Gasteiger partial charge in [-0.3, -0.25) is 4.99 Å².